The lowest BCUT2D eigenvalue weighted by Gasteiger charge is -2.11. The number of nitrogens with one attached hydrogen (secondary N) is 1. The van der Waals surface area contributed by atoms with Gasteiger partial charge < -0.3 is 14.8 Å². The highest BCUT2D eigenvalue weighted by atomic mass is 16.5. The summed E-state index contributed by atoms with van der Waals surface area (Å²) in [5, 5.41) is 12.6. The maximum absolute atomic E-state index is 12.6. The molecule has 3 rings (SSSR count). The fourth-order valence-electron chi connectivity index (χ4n) is 2.80. The molecule has 1 aromatic carbocycles. The first-order valence-electron chi connectivity index (χ1n) is 8.38. The Kier molecular flexibility index (Phi) is 5.51. The monoisotopic (exact) mass is 371 g/mol. The topological polar surface area (TPSA) is 100 Å². The van der Waals surface area contributed by atoms with E-state index in [2.05, 4.69) is 15.5 Å². The number of hydrogen-bond donors (Lipinski definition) is 1. The Morgan fingerprint density at radius 2 is 1.93 bits per heavy atom. The fourth-order valence-corrected chi connectivity index (χ4v) is 2.80. The summed E-state index contributed by atoms with van der Waals surface area (Å²) in [6.07, 6.45) is 1.58. The van der Waals surface area contributed by atoms with E-state index >= 15 is 0 Å². The molecule has 0 fully saturated rings. The van der Waals surface area contributed by atoms with Crippen LogP contribution < -0.4 is 15.6 Å². The van der Waals surface area contributed by atoms with Crippen LogP contribution in [0.4, 0.5) is 0 Å². The van der Waals surface area contributed by atoms with Gasteiger partial charge in [0.2, 0.25) is 5.88 Å². The molecule has 0 saturated carbocycles. The number of carbonyl (C=O) groups is 1. The second-order valence-corrected chi connectivity index (χ2v) is 5.92. The second-order valence-electron chi connectivity index (χ2n) is 5.92. The summed E-state index contributed by atoms with van der Waals surface area (Å²) >= 11 is 0. The maximum atomic E-state index is 12.6. The zero-order valence-electron chi connectivity index (χ0n) is 15.4. The van der Waals surface area contributed by atoms with E-state index in [4.69, 9.17) is 9.47 Å². The molecule has 0 spiro atoms. The number of rotatable bonds is 7. The largest absolute Gasteiger partial charge is 0.479 e. The standard InChI is InChI=1S/C18H21N5O4/c1-22-11-14(17(21-22)27-3)16(24)19-10-15-12-6-4-5-7-13(12)18(25)23(20-15)8-9-26-2/h4-7,11H,8-10H2,1-3H3,(H,19,24). The number of aromatic nitrogens is 4. The third-order valence-corrected chi connectivity index (χ3v) is 4.10. The van der Waals surface area contributed by atoms with Crippen LogP contribution in [0.2, 0.25) is 0 Å². The molecule has 0 saturated heterocycles. The highest BCUT2D eigenvalue weighted by Gasteiger charge is 2.17. The van der Waals surface area contributed by atoms with Crippen LogP contribution in [-0.2, 0) is 24.9 Å². The predicted molar refractivity (Wildman–Crippen MR) is 98.8 cm³/mol. The van der Waals surface area contributed by atoms with Crippen molar-refractivity contribution in [2.75, 3.05) is 20.8 Å². The van der Waals surface area contributed by atoms with Crippen molar-refractivity contribution in [1.29, 1.82) is 0 Å². The van der Waals surface area contributed by atoms with Crippen molar-refractivity contribution in [2.45, 2.75) is 13.1 Å². The summed E-state index contributed by atoms with van der Waals surface area (Å²) in [5.74, 6) is -0.0849. The second kappa shape index (κ2) is 8.00. The van der Waals surface area contributed by atoms with Gasteiger partial charge in [0.1, 0.15) is 5.56 Å². The lowest BCUT2D eigenvalue weighted by Crippen LogP contribution is -2.29. The van der Waals surface area contributed by atoms with E-state index in [9.17, 15) is 9.59 Å². The quantitative estimate of drug-likeness (QED) is 0.657. The van der Waals surface area contributed by atoms with Gasteiger partial charge in [-0.15, -0.1) is 5.10 Å². The summed E-state index contributed by atoms with van der Waals surface area (Å²) in [7, 11) is 4.73. The summed E-state index contributed by atoms with van der Waals surface area (Å²) in [5.41, 5.74) is 0.737. The number of carbonyl (C=O) groups excluding carboxylic acids is 1. The summed E-state index contributed by atoms with van der Waals surface area (Å²) in [6.45, 7) is 0.853. The lowest BCUT2D eigenvalue weighted by atomic mass is 10.1. The molecular formula is C18H21N5O4. The molecule has 2 heterocycles. The Balaban J connectivity index is 1.90. The lowest BCUT2D eigenvalue weighted by molar-refractivity contribution is 0.0947. The summed E-state index contributed by atoms with van der Waals surface area (Å²) in [6, 6.07) is 7.19. The van der Waals surface area contributed by atoms with E-state index in [0.29, 0.717) is 35.2 Å². The van der Waals surface area contributed by atoms with Crippen LogP contribution in [0, 0.1) is 0 Å². The highest BCUT2D eigenvalue weighted by Crippen LogP contribution is 2.16. The van der Waals surface area contributed by atoms with Crippen LogP contribution in [0.1, 0.15) is 16.1 Å². The number of ether oxygens (including phenoxy) is 2. The Hall–Kier alpha value is -3.20. The van der Waals surface area contributed by atoms with Gasteiger partial charge in [-0.3, -0.25) is 14.3 Å². The van der Waals surface area contributed by atoms with Crippen molar-refractivity contribution in [3.05, 3.63) is 52.1 Å². The number of methoxy groups -OCH3 is 2. The first kappa shape index (κ1) is 18.6. The van der Waals surface area contributed by atoms with E-state index in [0.717, 1.165) is 0 Å². The molecule has 3 aromatic rings. The van der Waals surface area contributed by atoms with Crippen molar-refractivity contribution >= 4 is 16.7 Å². The molecule has 142 valence electrons. The maximum Gasteiger partial charge on any atom is 0.274 e. The summed E-state index contributed by atoms with van der Waals surface area (Å²) in [4.78, 5) is 25.1. The van der Waals surface area contributed by atoms with Gasteiger partial charge in [-0.2, -0.15) is 5.10 Å². The molecule has 0 atom stereocenters. The first-order valence-corrected chi connectivity index (χ1v) is 8.38. The predicted octanol–water partition coefficient (Wildman–Crippen LogP) is 0.715. The number of benzene rings is 1. The Bertz CT molecular complexity index is 1020. The van der Waals surface area contributed by atoms with Crippen LogP contribution in [0.15, 0.2) is 35.3 Å². The van der Waals surface area contributed by atoms with Gasteiger partial charge in [0, 0.05) is 25.7 Å². The molecule has 1 amide bonds. The number of aryl methyl sites for hydroxylation is 1. The van der Waals surface area contributed by atoms with E-state index in [1.807, 2.05) is 12.1 Å². The Labute approximate surface area is 155 Å². The van der Waals surface area contributed by atoms with Crippen LogP contribution in [0.25, 0.3) is 10.8 Å². The highest BCUT2D eigenvalue weighted by molar-refractivity contribution is 5.96. The molecule has 0 radical (unpaired) electrons. The third-order valence-electron chi connectivity index (χ3n) is 4.10. The zero-order valence-corrected chi connectivity index (χ0v) is 15.4. The average molecular weight is 371 g/mol. The number of amides is 1. The Morgan fingerprint density at radius 1 is 1.19 bits per heavy atom. The molecule has 27 heavy (non-hydrogen) atoms. The zero-order chi connectivity index (χ0) is 19.4. The van der Waals surface area contributed by atoms with Crippen molar-refractivity contribution in [2.24, 2.45) is 7.05 Å². The number of fused-ring (bicyclic) bond motifs is 1. The molecule has 1 N–H and O–H groups in total. The minimum atomic E-state index is -0.333. The van der Waals surface area contributed by atoms with Gasteiger partial charge in [-0.05, 0) is 6.07 Å². The van der Waals surface area contributed by atoms with Crippen LogP contribution >= 0.6 is 0 Å². The molecule has 9 nitrogen and oxygen atoms in total. The molecule has 0 aliphatic heterocycles. The molecule has 0 unspecified atom stereocenters. The summed E-state index contributed by atoms with van der Waals surface area (Å²) < 4.78 is 13.0. The smallest absolute Gasteiger partial charge is 0.274 e. The van der Waals surface area contributed by atoms with Gasteiger partial charge >= 0.3 is 0 Å². The van der Waals surface area contributed by atoms with Gasteiger partial charge in [-0.25, -0.2) is 4.68 Å². The molecule has 0 aliphatic rings. The molecular weight excluding hydrogens is 350 g/mol. The van der Waals surface area contributed by atoms with Gasteiger partial charge in [0.05, 0.1) is 37.9 Å². The number of hydrogen-bond acceptors (Lipinski definition) is 6. The molecule has 0 bridgehead atoms. The fraction of sp³-hybridized carbons (Fsp3) is 0.333. The molecule has 0 aliphatic carbocycles. The van der Waals surface area contributed by atoms with Crippen molar-refractivity contribution in [3.8, 4) is 5.88 Å². The van der Waals surface area contributed by atoms with Crippen LogP contribution in [-0.4, -0.2) is 46.3 Å². The van der Waals surface area contributed by atoms with Gasteiger partial charge in [-0.1, -0.05) is 18.2 Å². The van der Waals surface area contributed by atoms with Crippen LogP contribution in [0.3, 0.4) is 0 Å². The van der Waals surface area contributed by atoms with Gasteiger partial charge in [0.25, 0.3) is 11.5 Å². The first-order chi connectivity index (χ1) is 13.0. The van der Waals surface area contributed by atoms with E-state index in [1.54, 1.807) is 32.5 Å². The van der Waals surface area contributed by atoms with E-state index in [1.165, 1.54) is 16.5 Å². The Morgan fingerprint density at radius 3 is 2.63 bits per heavy atom. The van der Waals surface area contributed by atoms with E-state index < -0.39 is 0 Å². The normalized spacial score (nSPS) is 10.9. The van der Waals surface area contributed by atoms with Crippen molar-refractivity contribution < 1.29 is 14.3 Å². The minimum absolute atomic E-state index is 0.157. The average Bonchev–Trinajstić information content (AvgIpc) is 3.07. The minimum Gasteiger partial charge on any atom is -0.479 e. The third kappa shape index (κ3) is 3.82. The van der Waals surface area contributed by atoms with Crippen molar-refractivity contribution in [1.82, 2.24) is 24.9 Å². The number of nitrogens with zero attached hydrogens (tertiary/aromatic N) is 4. The SMILES string of the molecule is COCCn1nc(CNC(=O)c2cn(C)nc2OC)c2ccccc2c1=O. The van der Waals surface area contributed by atoms with Gasteiger partial charge in [0.15, 0.2) is 0 Å². The molecule has 9 heteroatoms. The van der Waals surface area contributed by atoms with E-state index in [-0.39, 0.29) is 23.9 Å². The van der Waals surface area contributed by atoms with Crippen LogP contribution in [0.5, 0.6) is 5.88 Å². The molecule has 2 aromatic heterocycles. The van der Waals surface area contributed by atoms with Crippen molar-refractivity contribution in [3.63, 3.8) is 0 Å².